The molecular weight excluding hydrogens is 342 g/mol. The summed E-state index contributed by atoms with van der Waals surface area (Å²) in [5.41, 5.74) is 8.24. The van der Waals surface area contributed by atoms with Gasteiger partial charge in [0, 0.05) is 24.4 Å². The Morgan fingerprint density at radius 1 is 1.04 bits per heavy atom. The molecule has 0 radical (unpaired) electrons. The van der Waals surface area contributed by atoms with Crippen molar-refractivity contribution in [3.63, 3.8) is 0 Å². The zero-order valence-electron chi connectivity index (χ0n) is 16.4. The molecule has 0 fully saturated rings. The van der Waals surface area contributed by atoms with Gasteiger partial charge in [0.25, 0.3) is 0 Å². The maximum atomic E-state index is 4.23. The Hall–Kier alpha value is -3.46. The van der Waals surface area contributed by atoms with Gasteiger partial charge in [-0.05, 0) is 59.0 Å². The standard InChI is InChI=1S/C25H23N3/c1-17-6-4-9-22(18(17)2)24(25-15-27-16-28-25)13-19-10-11-23-20(12-19)7-5-8-21(23)14-26-3/h4-16H,1-3H3,(H,27,28)/b24-13-,26-14?. The maximum absolute atomic E-state index is 4.23. The van der Waals surface area contributed by atoms with Crippen molar-refractivity contribution in [3.8, 4) is 0 Å². The lowest BCUT2D eigenvalue weighted by molar-refractivity contribution is 1.28. The fourth-order valence-electron chi connectivity index (χ4n) is 3.58. The largest absolute Gasteiger partial charge is 0.345 e. The number of benzene rings is 3. The van der Waals surface area contributed by atoms with Crippen molar-refractivity contribution in [1.82, 2.24) is 9.97 Å². The highest BCUT2D eigenvalue weighted by molar-refractivity contribution is 6.01. The van der Waals surface area contributed by atoms with E-state index in [0.29, 0.717) is 0 Å². The van der Waals surface area contributed by atoms with Crippen LogP contribution in [-0.4, -0.2) is 23.2 Å². The van der Waals surface area contributed by atoms with Crippen LogP contribution in [0.15, 0.2) is 72.1 Å². The number of aromatic amines is 1. The van der Waals surface area contributed by atoms with E-state index in [1.54, 1.807) is 13.4 Å². The smallest absolute Gasteiger partial charge is 0.0924 e. The molecule has 0 aliphatic rings. The first-order valence-electron chi connectivity index (χ1n) is 9.39. The van der Waals surface area contributed by atoms with Crippen molar-refractivity contribution in [3.05, 3.63) is 101 Å². The highest BCUT2D eigenvalue weighted by Crippen LogP contribution is 2.29. The number of nitrogens with one attached hydrogen (secondary N) is 1. The van der Waals surface area contributed by atoms with Crippen LogP contribution < -0.4 is 0 Å². The van der Waals surface area contributed by atoms with E-state index in [1.807, 2.05) is 12.4 Å². The van der Waals surface area contributed by atoms with E-state index in [0.717, 1.165) is 22.4 Å². The molecule has 0 aliphatic heterocycles. The summed E-state index contributed by atoms with van der Waals surface area (Å²) in [7, 11) is 1.80. The molecule has 3 nitrogen and oxygen atoms in total. The molecule has 1 heterocycles. The van der Waals surface area contributed by atoms with E-state index in [2.05, 4.69) is 89.5 Å². The first-order valence-corrected chi connectivity index (χ1v) is 9.39. The molecule has 0 bridgehead atoms. The number of rotatable bonds is 4. The topological polar surface area (TPSA) is 41.0 Å². The average molecular weight is 365 g/mol. The molecule has 0 saturated heterocycles. The Labute approximate surface area is 165 Å². The molecule has 1 aromatic heterocycles. The molecule has 28 heavy (non-hydrogen) atoms. The summed E-state index contributed by atoms with van der Waals surface area (Å²) in [6.45, 7) is 4.32. The number of H-pyrrole nitrogens is 1. The number of fused-ring (bicyclic) bond motifs is 1. The highest BCUT2D eigenvalue weighted by atomic mass is 14.9. The van der Waals surface area contributed by atoms with Gasteiger partial charge in [0.1, 0.15) is 0 Å². The van der Waals surface area contributed by atoms with Crippen LogP contribution in [0.25, 0.3) is 22.4 Å². The molecule has 0 atom stereocenters. The molecule has 4 aromatic rings. The fraction of sp³-hybridized carbons (Fsp3) is 0.120. The van der Waals surface area contributed by atoms with E-state index in [9.17, 15) is 0 Å². The minimum absolute atomic E-state index is 1.01. The zero-order valence-corrected chi connectivity index (χ0v) is 16.4. The number of imidazole rings is 1. The van der Waals surface area contributed by atoms with Crippen molar-refractivity contribution in [2.24, 2.45) is 4.99 Å². The van der Waals surface area contributed by atoms with E-state index in [1.165, 1.54) is 27.5 Å². The van der Waals surface area contributed by atoms with E-state index in [-0.39, 0.29) is 0 Å². The average Bonchev–Trinajstić information content (AvgIpc) is 3.23. The Morgan fingerprint density at radius 3 is 2.68 bits per heavy atom. The molecule has 138 valence electrons. The number of aryl methyl sites for hydroxylation is 1. The van der Waals surface area contributed by atoms with Crippen LogP contribution in [0.3, 0.4) is 0 Å². The second kappa shape index (κ2) is 7.65. The summed E-state index contributed by atoms with van der Waals surface area (Å²) in [4.78, 5) is 11.7. The molecular formula is C25H23N3. The maximum Gasteiger partial charge on any atom is 0.0924 e. The molecule has 1 N–H and O–H groups in total. The second-order valence-corrected chi connectivity index (χ2v) is 6.99. The monoisotopic (exact) mass is 365 g/mol. The summed E-state index contributed by atoms with van der Waals surface area (Å²) in [5.74, 6) is 0. The SMILES string of the molecule is CN=Cc1cccc2cc(/C=C(\c3cnc[nH]3)c3cccc(C)c3C)ccc12. The quantitative estimate of drug-likeness (QED) is 0.359. The minimum atomic E-state index is 1.01. The van der Waals surface area contributed by atoms with Crippen molar-refractivity contribution < 1.29 is 0 Å². The highest BCUT2D eigenvalue weighted by Gasteiger charge is 2.11. The van der Waals surface area contributed by atoms with Gasteiger partial charge in [0.15, 0.2) is 0 Å². The third-order valence-corrected chi connectivity index (χ3v) is 5.20. The predicted molar refractivity (Wildman–Crippen MR) is 119 cm³/mol. The molecule has 0 aliphatic carbocycles. The molecule has 4 rings (SSSR count). The lowest BCUT2D eigenvalue weighted by atomic mass is 9.93. The van der Waals surface area contributed by atoms with Gasteiger partial charge >= 0.3 is 0 Å². The van der Waals surface area contributed by atoms with Gasteiger partial charge in [-0.25, -0.2) is 4.98 Å². The van der Waals surface area contributed by atoms with Gasteiger partial charge in [-0.3, -0.25) is 4.99 Å². The Kier molecular flexibility index (Phi) is 4.90. The van der Waals surface area contributed by atoms with Crippen molar-refractivity contribution in [2.75, 3.05) is 7.05 Å². The first kappa shape index (κ1) is 17.9. The van der Waals surface area contributed by atoms with Crippen LogP contribution in [0, 0.1) is 13.8 Å². The summed E-state index contributed by atoms with van der Waals surface area (Å²) >= 11 is 0. The lowest BCUT2D eigenvalue weighted by Crippen LogP contribution is -1.94. The van der Waals surface area contributed by atoms with Gasteiger partial charge < -0.3 is 4.98 Å². The van der Waals surface area contributed by atoms with Crippen LogP contribution in [-0.2, 0) is 0 Å². The molecule has 0 amide bonds. The van der Waals surface area contributed by atoms with Crippen molar-refractivity contribution in [2.45, 2.75) is 13.8 Å². The van der Waals surface area contributed by atoms with Crippen LogP contribution >= 0.6 is 0 Å². The molecule has 0 saturated carbocycles. The van der Waals surface area contributed by atoms with Crippen molar-refractivity contribution >= 4 is 28.6 Å². The zero-order chi connectivity index (χ0) is 19.5. The first-order chi connectivity index (χ1) is 13.7. The Bertz CT molecular complexity index is 1180. The normalized spacial score (nSPS) is 12.2. The second-order valence-electron chi connectivity index (χ2n) is 6.99. The van der Waals surface area contributed by atoms with E-state index < -0.39 is 0 Å². The predicted octanol–water partition coefficient (Wildman–Crippen LogP) is 5.82. The van der Waals surface area contributed by atoms with Gasteiger partial charge in [0.05, 0.1) is 18.2 Å². The van der Waals surface area contributed by atoms with E-state index >= 15 is 0 Å². The summed E-state index contributed by atoms with van der Waals surface area (Å²) in [6.07, 6.45) is 7.74. The fourth-order valence-corrected chi connectivity index (χ4v) is 3.58. The lowest BCUT2D eigenvalue weighted by Gasteiger charge is -2.12. The number of hydrogen-bond donors (Lipinski definition) is 1. The number of nitrogens with zero attached hydrogens (tertiary/aromatic N) is 2. The number of aromatic nitrogens is 2. The molecule has 3 aromatic carbocycles. The van der Waals surface area contributed by atoms with E-state index in [4.69, 9.17) is 0 Å². The van der Waals surface area contributed by atoms with Gasteiger partial charge in [0.2, 0.25) is 0 Å². The van der Waals surface area contributed by atoms with Gasteiger partial charge in [-0.1, -0.05) is 48.5 Å². The molecule has 0 spiro atoms. The van der Waals surface area contributed by atoms with Crippen LogP contribution in [0.2, 0.25) is 0 Å². The summed E-state index contributed by atoms with van der Waals surface area (Å²) < 4.78 is 0. The Morgan fingerprint density at radius 2 is 1.89 bits per heavy atom. The third kappa shape index (κ3) is 3.39. The van der Waals surface area contributed by atoms with Gasteiger partial charge in [-0.15, -0.1) is 0 Å². The Balaban J connectivity index is 1.89. The minimum Gasteiger partial charge on any atom is -0.345 e. The summed E-state index contributed by atoms with van der Waals surface area (Å²) in [5, 5.41) is 2.41. The molecule has 3 heteroatoms. The third-order valence-electron chi connectivity index (χ3n) is 5.20. The van der Waals surface area contributed by atoms with Gasteiger partial charge in [-0.2, -0.15) is 0 Å². The summed E-state index contributed by atoms with van der Waals surface area (Å²) in [6, 6.07) is 19.3. The van der Waals surface area contributed by atoms with Crippen molar-refractivity contribution in [1.29, 1.82) is 0 Å². The van der Waals surface area contributed by atoms with Crippen LogP contribution in [0.5, 0.6) is 0 Å². The van der Waals surface area contributed by atoms with Crippen LogP contribution in [0.1, 0.15) is 33.5 Å². The number of hydrogen-bond acceptors (Lipinski definition) is 2. The van der Waals surface area contributed by atoms with Crippen LogP contribution in [0.4, 0.5) is 0 Å². The number of aliphatic imine (C=N–C) groups is 1. The molecule has 0 unspecified atom stereocenters.